The third-order valence-electron chi connectivity index (χ3n) is 7.75. The molecule has 41 heavy (non-hydrogen) atoms. The largest absolute Gasteiger partial charge is 0.493 e. The highest BCUT2D eigenvalue weighted by Crippen LogP contribution is 2.45. The standard InChI is InChI=1S/C32H40FN3O5/c1-3-22-6-4-7-25(14-22)32(11-12-32)35-19-29(37)28-17-24-15-26(33)18-27(16-24)41-21-23(20-40-2)10-13-34-30(38)8-5-9-31(39)36-28/h1,4,6-7,14-16,18,23,28-29,35,37H,5,8-13,17,19-21H2,2H3,(H,34,38)(H,36,39)/t23?,28-,29+/m0/s1. The van der Waals surface area contributed by atoms with Gasteiger partial charge in [-0.1, -0.05) is 18.1 Å². The summed E-state index contributed by atoms with van der Waals surface area (Å²) < 4.78 is 25.8. The number of methoxy groups -OCH3 is 1. The van der Waals surface area contributed by atoms with Crippen LogP contribution < -0.4 is 20.7 Å². The van der Waals surface area contributed by atoms with Crippen molar-refractivity contribution in [2.24, 2.45) is 5.92 Å². The molecule has 2 bridgehead atoms. The van der Waals surface area contributed by atoms with Crippen molar-refractivity contribution in [1.82, 2.24) is 16.0 Å². The second kappa shape index (κ2) is 14.4. The van der Waals surface area contributed by atoms with Crippen LogP contribution >= 0.6 is 0 Å². The zero-order valence-corrected chi connectivity index (χ0v) is 23.6. The molecule has 9 heteroatoms. The van der Waals surface area contributed by atoms with Gasteiger partial charge in [-0.05, 0) is 67.5 Å². The number of carbonyl (C=O) groups is 2. The lowest BCUT2D eigenvalue weighted by Crippen LogP contribution is -2.50. The lowest BCUT2D eigenvalue weighted by molar-refractivity contribution is -0.123. The molecule has 2 aliphatic rings. The van der Waals surface area contributed by atoms with Crippen molar-refractivity contribution in [2.75, 3.05) is 33.4 Å². The Bertz CT molecular complexity index is 1240. The normalized spacial score (nSPS) is 22.3. The van der Waals surface area contributed by atoms with Crippen LogP contribution in [0.5, 0.6) is 5.75 Å². The Labute approximate surface area is 241 Å². The van der Waals surface area contributed by atoms with Gasteiger partial charge in [-0.25, -0.2) is 4.39 Å². The molecule has 1 heterocycles. The van der Waals surface area contributed by atoms with Crippen molar-refractivity contribution in [3.63, 3.8) is 0 Å². The molecule has 0 spiro atoms. The minimum absolute atomic E-state index is 0.00247. The predicted molar refractivity (Wildman–Crippen MR) is 154 cm³/mol. The molecule has 1 fully saturated rings. The highest BCUT2D eigenvalue weighted by atomic mass is 19.1. The molecule has 220 valence electrons. The third-order valence-corrected chi connectivity index (χ3v) is 7.75. The van der Waals surface area contributed by atoms with E-state index in [0.29, 0.717) is 43.9 Å². The fourth-order valence-electron chi connectivity index (χ4n) is 5.26. The van der Waals surface area contributed by atoms with Gasteiger partial charge in [-0.15, -0.1) is 6.42 Å². The van der Waals surface area contributed by atoms with E-state index in [4.69, 9.17) is 15.9 Å². The summed E-state index contributed by atoms with van der Waals surface area (Å²) in [6.07, 6.45) is 8.00. The van der Waals surface area contributed by atoms with Crippen LogP contribution in [0.4, 0.5) is 4.39 Å². The van der Waals surface area contributed by atoms with E-state index in [2.05, 4.69) is 21.9 Å². The van der Waals surface area contributed by atoms with Gasteiger partial charge in [0.2, 0.25) is 11.8 Å². The van der Waals surface area contributed by atoms with E-state index in [0.717, 1.165) is 24.0 Å². The molecule has 2 amide bonds. The minimum atomic E-state index is -0.962. The fraction of sp³-hybridized carbons (Fsp3) is 0.500. The zero-order valence-electron chi connectivity index (χ0n) is 23.6. The fourth-order valence-corrected chi connectivity index (χ4v) is 5.26. The molecular formula is C32H40FN3O5. The van der Waals surface area contributed by atoms with Gasteiger partial charge < -0.3 is 30.5 Å². The Hall–Kier alpha value is -3.45. The number of hydrogen-bond acceptors (Lipinski definition) is 6. The number of aliphatic hydroxyl groups is 1. The number of terminal acetylenes is 1. The van der Waals surface area contributed by atoms with Crippen LogP contribution in [0.15, 0.2) is 42.5 Å². The summed E-state index contributed by atoms with van der Waals surface area (Å²) in [6, 6.07) is 11.6. The molecule has 1 unspecified atom stereocenters. The highest BCUT2D eigenvalue weighted by Gasteiger charge is 2.44. The van der Waals surface area contributed by atoms with E-state index < -0.39 is 18.0 Å². The van der Waals surface area contributed by atoms with E-state index >= 15 is 0 Å². The first kappa shape index (κ1) is 30.5. The summed E-state index contributed by atoms with van der Waals surface area (Å²) in [7, 11) is 1.60. The first-order chi connectivity index (χ1) is 19.8. The lowest BCUT2D eigenvalue weighted by atomic mass is 9.98. The van der Waals surface area contributed by atoms with Crippen LogP contribution in [0.1, 0.15) is 55.2 Å². The number of ether oxygens (including phenoxy) is 2. The van der Waals surface area contributed by atoms with Gasteiger partial charge >= 0.3 is 0 Å². The summed E-state index contributed by atoms with van der Waals surface area (Å²) in [4.78, 5) is 25.1. The maximum Gasteiger partial charge on any atom is 0.220 e. The Morgan fingerprint density at radius 2 is 2.02 bits per heavy atom. The molecule has 1 aliphatic carbocycles. The number of amides is 2. The first-order valence-corrected chi connectivity index (χ1v) is 14.3. The highest BCUT2D eigenvalue weighted by molar-refractivity contribution is 5.79. The SMILES string of the molecule is C#Cc1cccc(C2(NC[C@@H](O)[C@@H]3Cc4cc(F)cc(c4)OCC(COC)CCNC(=O)CCCC(=O)N3)CC2)c1. The van der Waals surface area contributed by atoms with Gasteiger partial charge in [0.05, 0.1) is 25.4 Å². The summed E-state index contributed by atoms with van der Waals surface area (Å²) >= 11 is 0. The smallest absolute Gasteiger partial charge is 0.220 e. The Kier molecular flexibility index (Phi) is 10.7. The van der Waals surface area contributed by atoms with Crippen molar-refractivity contribution >= 4 is 11.8 Å². The van der Waals surface area contributed by atoms with Gasteiger partial charge in [0, 0.05) is 56.1 Å². The van der Waals surface area contributed by atoms with E-state index in [9.17, 15) is 19.1 Å². The molecule has 4 rings (SSSR count). The summed E-state index contributed by atoms with van der Waals surface area (Å²) in [6.45, 7) is 1.39. The van der Waals surface area contributed by atoms with Crippen LogP contribution in [0.2, 0.25) is 0 Å². The molecule has 8 nitrogen and oxygen atoms in total. The molecule has 0 radical (unpaired) electrons. The number of hydrogen-bond donors (Lipinski definition) is 4. The van der Waals surface area contributed by atoms with Crippen molar-refractivity contribution in [3.05, 3.63) is 65.0 Å². The van der Waals surface area contributed by atoms with Gasteiger partial charge in [0.15, 0.2) is 0 Å². The number of rotatable bonds is 7. The molecule has 2 aromatic carbocycles. The van der Waals surface area contributed by atoms with Crippen LogP contribution in [0, 0.1) is 24.1 Å². The summed E-state index contributed by atoms with van der Waals surface area (Å²) in [5, 5.41) is 20.6. The zero-order chi connectivity index (χ0) is 29.2. The number of fused-ring (bicyclic) bond motifs is 2. The Balaban J connectivity index is 1.50. The Morgan fingerprint density at radius 1 is 1.22 bits per heavy atom. The quantitative estimate of drug-likeness (QED) is 0.385. The van der Waals surface area contributed by atoms with Crippen molar-refractivity contribution < 1.29 is 28.6 Å². The lowest BCUT2D eigenvalue weighted by Gasteiger charge is -2.27. The molecule has 1 aliphatic heterocycles. The van der Waals surface area contributed by atoms with Crippen LogP contribution in [0.25, 0.3) is 0 Å². The number of nitrogens with one attached hydrogen (secondary N) is 3. The summed E-state index contributed by atoms with van der Waals surface area (Å²) in [5.74, 6) is 2.16. The van der Waals surface area contributed by atoms with Crippen molar-refractivity contribution in [1.29, 1.82) is 0 Å². The minimum Gasteiger partial charge on any atom is -0.493 e. The third kappa shape index (κ3) is 9.02. The molecule has 1 saturated carbocycles. The van der Waals surface area contributed by atoms with Crippen LogP contribution in [-0.4, -0.2) is 62.5 Å². The number of benzene rings is 2. The van der Waals surface area contributed by atoms with E-state index in [1.165, 1.54) is 12.1 Å². The van der Waals surface area contributed by atoms with Crippen LogP contribution in [-0.2, 0) is 26.3 Å². The maximum absolute atomic E-state index is 14.6. The monoisotopic (exact) mass is 565 g/mol. The number of aliphatic hydroxyl groups excluding tert-OH is 1. The average molecular weight is 566 g/mol. The maximum atomic E-state index is 14.6. The molecule has 0 saturated heterocycles. The number of halogens is 1. The van der Waals surface area contributed by atoms with E-state index in [1.807, 2.05) is 24.3 Å². The first-order valence-electron chi connectivity index (χ1n) is 14.3. The molecule has 0 aromatic heterocycles. The average Bonchev–Trinajstić information content (AvgIpc) is 3.75. The summed E-state index contributed by atoms with van der Waals surface area (Å²) in [5.41, 5.74) is 2.18. The van der Waals surface area contributed by atoms with E-state index in [-0.39, 0.29) is 49.1 Å². The van der Waals surface area contributed by atoms with Crippen LogP contribution in [0.3, 0.4) is 0 Å². The Morgan fingerprint density at radius 3 is 2.78 bits per heavy atom. The van der Waals surface area contributed by atoms with E-state index in [1.54, 1.807) is 13.2 Å². The second-order valence-electron chi connectivity index (χ2n) is 11.1. The molecule has 2 aromatic rings. The molecular weight excluding hydrogens is 525 g/mol. The topological polar surface area (TPSA) is 109 Å². The van der Waals surface area contributed by atoms with Crippen molar-refractivity contribution in [3.8, 4) is 18.1 Å². The van der Waals surface area contributed by atoms with Gasteiger partial charge in [0.1, 0.15) is 11.6 Å². The van der Waals surface area contributed by atoms with Crippen molar-refractivity contribution in [2.45, 2.75) is 62.6 Å². The van der Waals surface area contributed by atoms with Gasteiger partial charge in [-0.3, -0.25) is 9.59 Å². The van der Waals surface area contributed by atoms with Gasteiger partial charge in [-0.2, -0.15) is 0 Å². The molecule has 4 N–H and O–H groups in total. The second-order valence-corrected chi connectivity index (χ2v) is 11.1. The number of carbonyl (C=O) groups excluding carboxylic acids is 2. The van der Waals surface area contributed by atoms with Gasteiger partial charge in [0.25, 0.3) is 0 Å². The predicted octanol–water partition coefficient (Wildman–Crippen LogP) is 2.81. The molecule has 3 atom stereocenters.